The van der Waals surface area contributed by atoms with Crippen LogP contribution in [0.5, 0.6) is 0 Å². The average Bonchev–Trinajstić information content (AvgIpc) is 2.72. The lowest BCUT2D eigenvalue weighted by Gasteiger charge is -2.39. The minimum Gasteiger partial charge on any atom is -0.479 e. The third-order valence-corrected chi connectivity index (χ3v) is 3.48. The fourth-order valence-corrected chi connectivity index (χ4v) is 2.43. The second-order valence-corrected chi connectivity index (χ2v) is 7.21. The van der Waals surface area contributed by atoms with Gasteiger partial charge in [-0.3, -0.25) is 4.90 Å². The Balaban J connectivity index is 3.35. The Kier molecular flexibility index (Phi) is 5.33. The lowest BCUT2D eigenvalue weighted by Crippen LogP contribution is -2.56. The van der Waals surface area contributed by atoms with Crippen LogP contribution in [0.25, 0.3) is 0 Å². The van der Waals surface area contributed by atoms with Crippen molar-refractivity contribution in [3.05, 3.63) is 22.6 Å². The van der Waals surface area contributed by atoms with Gasteiger partial charge in [-0.2, -0.15) is 0 Å². The van der Waals surface area contributed by atoms with Crippen molar-refractivity contribution in [2.45, 2.75) is 58.7 Å². The number of carbonyl (C=O) groups is 2. The molecule has 0 spiro atoms. The average molecular weight is 376 g/mol. The summed E-state index contributed by atoms with van der Waals surface area (Å²) in [6, 6.07) is 2.71. The number of ether oxygens (including phenoxy) is 1. The minimum atomic E-state index is -1.68. The number of carboxylic acids is 1. The Morgan fingerprint density at radius 1 is 1.27 bits per heavy atom. The number of carboxylic acid groups (broad SMARTS) is 1. The van der Waals surface area contributed by atoms with E-state index in [1.54, 1.807) is 40.7 Å². The van der Waals surface area contributed by atoms with Crippen molar-refractivity contribution in [2.75, 3.05) is 0 Å². The molecule has 22 heavy (non-hydrogen) atoms. The van der Waals surface area contributed by atoms with Gasteiger partial charge in [0.2, 0.25) is 0 Å². The number of halogens is 1. The molecule has 1 aromatic heterocycles. The summed E-state index contributed by atoms with van der Waals surface area (Å²) in [5.74, 6) is -1.06. The van der Waals surface area contributed by atoms with Gasteiger partial charge in [0.1, 0.15) is 11.4 Å². The molecule has 0 aliphatic rings. The minimum absolute atomic E-state index is 0.145. The van der Waals surface area contributed by atoms with Crippen LogP contribution >= 0.6 is 15.9 Å². The van der Waals surface area contributed by atoms with Gasteiger partial charge in [0, 0.05) is 6.04 Å². The van der Waals surface area contributed by atoms with Crippen molar-refractivity contribution in [2.24, 2.45) is 0 Å². The fraction of sp³-hybridized carbons (Fsp3) is 0.600. The molecule has 0 fully saturated rings. The van der Waals surface area contributed by atoms with Gasteiger partial charge >= 0.3 is 12.1 Å². The molecule has 0 saturated heterocycles. The maximum atomic E-state index is 12.5. The van der Waals surface area contributed by atoms with Crippen LogP contribution in [0.1, 0.15) is 47.3 Å². The molecule has 0 radical (unpaired) electrons. The number of amides is 1. The van der Waals surface area contributed by atoms with E-state index < -0.39 is 29.2 Å². The van der Waals surface area contributed by atoms with Gasteiger partial charge in [0.05, 0.1) is 0 Å². The Bertz CT molecular complexity index is 561. The van der Waals surface area contributed by atoms with Crippen LogP contribution in [0.4, 0.5) is 4.79 Å². The molecule has 1 atom stereocenters. The van der Waals surface area contributed by atoms with Crippen molar-refractivity contribution in [1.29, 1.82) is 0 Å². The molecule has 1 rings (SSSR count). The molecule has 1 aromatic rings. The van der Waals surface area contributed by atoms with Crippen molar-refractivity contribution in [3.8, 4) is 0 Å². The van der Waals surface area contributed by atoms with Crippen LogP contribution < -0.4 is 0 Å². The van der Waals surface area contributed by atoms with E-state index in [9.17, 15) is 14.7 Å². The molecule has 0 aliphatic carbocycles. The summed E-state index contributed by atoms with van der Waals surface area (Å²) in [6.07, 6.45) is -0.708. The topological polar surface area (TPSA) is 80.0 Å². The maximum Gasteiger partial charge on any atom is 0.411 e. The molecule has 1 unspecified atom stereocenters. The molecule has 1 amide bonds. The van der Waals surface area contributed by atoms with Gasteiger partial charge in [0.15, 0.2) is 10.2 Å². The van der Waals surface area contributed by atoms with Gasteiger partial charge in [-0.1, -0.05) is 0 Å². The first-order chi connectivity index (χ1) is 9.89. The highest BCUT2D eigenvalue weighted by Gasteiger charge is 2.49. The standard InChI is InChI=1S/C15H22BrNO5/c1-9(2)17(13(20)22-14(3,4)5)15(6,12(18)19)10-7-8-11(16)21-10/h7-9H,1-6H3,(H,18,19). The molecule has 0 bridgehead atoms. The highest BCUT2D eigenvalue weighted by Crippen LogP contribution is 2.34. The van der Waals surface area contributed by atoms with Gasteiger partial charge in [-0.15, -0.1) is 0 Å². The summed E-state index contributed by atoms with van der Waals surface area (Å²) in [5, 5.41) is 9.74. The summed E-state index contributed by atoms with van der Waals surface area (Å²) in [6.45, 7) is 10.1. The number of aliphatic carboxylic acids is 1. The first kappa shape index (κ1) is 18.5. The summed E-state index contributed by atoms with van der Waals surface area (Å²) < 4.78 is 11.2. The molecule has 0 aromatic carbocycles. The van der Waals surface area contributed by atoms with Gasteiger partial charge < -0.3 is 14.3 Å². The number of nitrogens with zero attached hydrogens (tertiary/aromatic N) is 1. The van der Waals surface area contributed by atoms with Gasteiger partial charge in [-0.05, 0) is 69.6 Å². The third kappa shape index (κ3) is 3.82. The van der Waals surface area contributed by atoms with Gasteiger partial charge in [0.25, 0.3) is 0 Å². The summed E-state index contributed by atoms with van der Waals surface area (Å²) >= 11 is 3.15. The number of rotatable bonds is 4. The summed E-state index contributed by atoms with van der Waals surface area (Å²) in [5.41, 5.74) is -2.41. The van der Waals surface area contributed by atoms with E-state index in [-0.39, 0.29) is 5.76 Å². The molecular formula is C15H22BrNO5. The van der Waals surface area contributed by atoms with E-state index in [0.717, 1.165) is 0 Å². The maximum absolute atomic E-state index is 12.5. The normalized spacial score (nSPS) is 14.5. The summed E-state index contributed by atoms with van der Waals surface area (Å²) in [4.78, 5) is 25.6. The highest BCUT2D eigenvalue weighted by atomic mass is 79.9. The van der Waals surface area contributed by atoms with E-state index in [1.807, 2.05) is 0 Å². The zero-order chi connectivity index (χ0) is 17.3. The number of hydrogen-bond acceptors (Lipinski definition) is 4. The summed E-state index contributed by atoms with van der Waals surface area (Å²) in [7, 11) is 0. The molecule has 0 saturated carbocycles. The van der Waals surface area contributed by atoms with Crippen LogP contribution in [0.3, 0.4) is 0 Å². The van der Waals surface area contributed by atoms with E-state index >= 15 is 0 Å². The van der Waals surface area contributed by atoms with Crippen LogP contribution in [0.2, 0.25) is 0 Å². The predicted molar refractivity (Wildman–Crippen MR) is 84.6 cm³/mol. The van der Waals surface area contributed by atoms with Crippen molar-refractivity contribution in [3.63, 3.8) is 0 Å². The van der Waals surface area contributed by atoms with E-state index in [4.69, 9.17) is 9.15 Å². The predicted octanol–water partition coefficient (Wildman–Crippen LogP) is 3.99. The van der Waals surface area contributed by atoms with Crippen molar-refractivity contribution < 1.29 is 23.8 Å². The SMILES string of the molecule is CC(C)N(C(=O)OC(C)(C)C)C(C)(C(=O)O)c1ccc(Br)o1. The quantitative estimate of drug-likeness (QED) is 0.860. The third-order valence-electron chi connectivity index (χ3n) is 3.06. The van der Waals surface area contributed by atoms with E-state index in [0.29, 0.717) is 4.67 Å². The zero-order valence-corrected chi connectivity index (χ0v) is 15.2. The second kappa shape index (κ2) is 6.32. The van der Waals surface area contributed by atoms with Crippen LogP contribution in [0, 0.1) is 0 Å². The fourth-order valence-electron chi connectivity index (χ4n) is 2.12. The monoisotopic (exact) mass is 375 g/mol. The number of hydrogen-bond donors (Lipinski definition) is 1. The lowest BCUT2D eigenvalue weighted by atomic mass is 9.95. The Morgan fingerprint density at radius 2 is 1.82 bits per heavy atom. The molecule has 1 N–H and O–H groups in total. The number of furan rings is 1. The Morgan fingerprint density at radius 3 is 2.14 bits per heavy atom. The first-order valence-electron chi connectivity index (χ1n) is 6.91. The van der Waals surface area contributed by atoms with Crippen LogP contribution in [-0.2, 0) is 15.1 Å². The smallest absolute Gasteiger partial charge is 0.411 e. The van der Waals surface area contributed by atoms with Crippen molar-refractivity contribution >= 4 is 28.0 Å². The molecule has 124 valence electrons. The zero-order valence-electron chi connectivity index (χ0n) is 13.6. The van der Waals surface area contributed by atoms with E-state index in [2.05, 4.69) is 15.9 Å². The van der Waals surface area contributed by atoms with Crippen LogP contribution in [-0.4, -0.2) is 33.7 Å². The lowest BCUT2D eigenvalue weighted by molar-refractivity contribution is -0.153. The Hall–Kier alpha value is -1.50. The number of carbonyl (C=O) groups excluding carboxylic acids is 1. The highest BCUT2D eigenvalue weighted by molar-refractivity contribution is 9.10. The van der Waals surface area contributed by atoms with Gasteiger partial charge in [-0.25, -0.2) is 9.59 Å². The second-order valence-electron chi connectivity index (χ2n) is 6.43. The molecule has 6 nitrogen and oxygen atoms in total. The molecule has 1 heterocycles. The molecular weight excluding hydrogens is 354 g/mol. The molecule has 7 heteroatoms. The van der Waals surface area contributed by atoms with Crippen molar-refractivity contribution in [1.82, 2.24) is 4.90 Å². The Labute approximate surface area is 138 Å². The van der Waals surface area contributed by atoms with E-state index in [1.165, 1.54) is 17.9 Å². The molecule has 0 aliphatic heterocycles. The largest absolute Gasteiger partial charge is 0.479 e. The van der Waals surface area contributed by atoms with Crippen LogP contribution in [0.15, 0.2) is 21.2 Å². The first-order valence-corrected chi connectivity index (χ1v) is 7.70.